The molecular weight excluding hydrogens is 178 g/mol. The van der Waals surface area contributed by atoms with Gasteiger partial charge < -0.3 is 5.11 Å². The van der Waals surface area contributed by atoms with Crippen LogP contribution in [-0.2, 0) is 4.79 Å². The van der Waals surface area contributed by atoms with Crippen LogP contribution in [0.25, 0.3) is 0 Å². The van der Waals surface area contributed by atoms with Crippen molar-refractivity contribution in [3.63, 3.8) is 0 Å². The van der Waals surface area contributed by atoms with Gasteiger partial charge in [-0.15, -0.1) is 0 Å². The van der Waals surface area contributed by atoms with E-state index in [0.29, 0.717) is 12.1 Å². The highest BCUT2D eigenvalue weighted by Gasteiger charge is 2.38. The maximum Gasteiger partial charge on any atom is 0.308 e. The van der Waals surface area contributed by atoms with Crippen molar-refractivity contribution in [2.24, 2.45) is 5.92 Å². The summed E-state index contributed by atoms with van der Waals surface area (Å²) >= 11 is 0. The Hall–Kier alpha value is -0.570. The van der Waals surface area contributed by atoms with Crippen LogP contribution in [0, 0.1) is 5.92 Å². The van der Waals surface area contributed by atoms with Crippen molar-refractivity contribution in [1.29, 1.82) is 0 Å². The molecule has 3 heteroatoms. The summed E-state index contributed by atoms with van der Waals surface area (Å²) in [4.78, 5) is 13.4. The van der Waals surface area contributed by atoms with E-state index in [-0.39, 0.29) is 5.92 Å². The van der Waals surface area contributed by atoms with Crippen LogP contribution in [0.4, 0.5) is 0 Å². The van der Waals surface area contributed by atoms with E-state index in [1.807, 2.05) is 0 Å². The van der Waals surface area contributed by atoms with Crippen molar-refractivity contribution in [3.8, 4) is 0 Å². The van der Waals surface area contributed by atoms with Crippen LogP contribution < -0.4 is 0 Å². The number of carboxylic acid groups (broad SMARTS) is 1. The summed E-state index contributed by atoms with van der Waals surface area (Å²) in [6.07, 6.45) is 6.76. The molecule has 0 spiro atoms. The molecule has 0 amide bonds. The van der Waals surface area contributed by atoms with E-state index >= 15 is 0 Å². The Balaban J connectivity index is 2.01. The molecule has 0 aromatic rings. The topological polar surface area (TPSA) is 40.5 Å². The summed E-state index contributed by atoms with van der Waals surface area (Å²) in [5.74, 6) is -0.712. The molecule has 0 aliphatic heterocycles. The van der Waals surface area contributed by atoms with Crippen LogP contribution in [0.5, 0.6) is 0 Å². The predicted molar refractivity (Wildman–Crippen MR) is 54.2 cm³/mol. The number of carbonyl (C=O) groups is 1. The lowest BCUT2D eigenvalue weighted by Gasteiger charge is -2.35. The van der Waals surface area contributed by atoms with Gasteiger partial charge in [-0.05, 0) is 32.7 Å². The average molecular weight is 197 g/mol. The molecule has 0 saturated heterocycles. The molecule has 3 nitrogen and oxygen atoms in total. The third-order valence-electron chi connectivity index (χ3n) is 3.69. The SMILES string of the molecule is CN(C1CC1)[C@H]1CCCC[C@@H]1C(=O)O. The minimum absolute atomic E-state index is 0.116. The Kier molecular flexibility index (Phi) is 2.77. The first-order valence-corrected chi connectivity index (χ1v) is 5.65. The molecule has 0 bridgehead atoms. The molecule has 0 aromatic heterocycles. The van der Waals surface area contributed by atoms with Gasteiger partial charge >= 0.3 is 5.97 Å². The zero-order valence-corrected chi connectivity index (χ0v) is 8.78. The fraction of sp³-hybridized carbons (Fsp3) is 0.909. The second-order valence-electron chi connectivity index (χ2n) is 4.69. The van der Waals surface area contributed by atoms with Gasteiger partial charge in [0.25, 0.3) is 0 Å². The zero-order chi connectivity index (χ0) is 10.1. The molecule has 2 rings (SSSR count). The largest absolute Gasteiger partial charge is 0.481 e. The minimum atomic E-state index is -0.595. The molecule has 2 aliphatic rings. The molecule has 0 unspecified atom stereocenters. The normalized spacial score (nSPS) is 33.3. The number of hydrogen-bond acceptors (Lipinski definition) is 2. The van der Waals surface area contributed by atoms with Gasteiger partial charge in [0.2, 0.25) is 0 Å². The highest BCUT2D eigenvalue weighted by Crippen LogP contribution is 2.35. The highest BCUT2D eigenvalue weighted by molar-refractivity contribution is 5.71. The number of rotatable bonds is 3. The molecule has 80 valence electrons. The van der Waals surface area contributed by atoms with E-state index in [2.05, 4.69) is 11.9 Å². The lowest BCUT2D eigenvalue weighted by atomic mass is 9.83. The van der Waals surface area contributed by atoms with Crippen LogP contribution >= 0.6 is 0 Å². The van der Waals surface area contributed by atoms with Crippen LogP contribution in [0.1, 0.15) is 38.5 Å². The highest BCUT2D eigenvalue weighted by atomic mass is 16.4. The van der Waals surface area contributed by atoms with Crippen molar-refractivity contribution < 1.29 is 9.90 Å². The third-order valence-corrected chi connectivity index (χ3v) is 3.69. The second kappa shape index (κ2) is 3.89. The minimum Gasteiger partial charge on any atom is -0.481 e. The summed E-state index contributed by atoms with van der Waals surface area (Å²) in [7, 11) is 2.10. The summed E-state index contributed by atoms with van der Waals surface area (Å²) in [5, 5.41) is 9.13. The summed E-state index contributed by atoms with van der Waals surface area (Å²) in [6, 6.07) is 0.980. The Morgan fingerprint density at radius 1 is 1.21 bits per heavy atom. The number of hydrogen-bond donors (Lipinski definition) is 1. The standard InChI is InChI=1S/C11H19NO2/c1-12(8-6-7-8)10-5-3-2-4-9(10)11(13)14/h8-10H,2-7H2,1H3,(H,13,14)/t9-,10-/m0/s1. The first kappa shape index (κ1) is 9.97. The van der Waals surface area contributed by atoms with Crippen molar-refractivity contribution in [1.82, 2.24) is 4.90 Å². The van der Waals surface area contributed by atoms with E-state index in [9.17, 15) is 4.79 Å². The van der Waals surface area contributed by atoms with Crippen molar-refractivity contribution in [2.75, 3.05) is 7.05 Å². The van der Waals surface area contributed by atoms with Gasteiger partial charge in [0.15, 0.2) is 0 Å². The number of carboxylic acids is 1. The molecule has 2 atom stereocenters. The van der Waals surface area contributed by atoms with Gasteiger partial charge in [0.1, 0.15) is 0 Å². The first-order chi connectivity index (χ1) is 6.70. The lowest BCUT2D eigenvalue weighted by Crippen LogP contribution is -2.44. The van der Waals surface area contributed by atoms with E-state index in [1.165, 1.54) is 19.3 Å². The second-order valence-corrected chi connectivity index (χ2v) is 4.69. The smallest absolute Gasteiger partial charge is 0.308 e. The first-order valence-electron chi connectivity index (χ1n) is 5.65. The molecule has 0 heterocycles. The molecule has 2 saturated carbocycles. The molecule has 2 fully saturated rings. The van der Waals surface area contributed by atoms with Gasteiger partial charge in [-0.2, -0.15) is 0 Å². The van der Waals surface area contributed by atoms with Crippen LogP contribution in [0.15, 0.2) is 0 Å². The van der Waals surface area contributed by atoms with Crippen molar-refractivity contribution in [3.05, 3.63) is 0 Å². The Morgan fingerprint density at radius 2 is 1.86 bits per heavy atom. The Bertz CT molecular complexity index is 225. The summed E-state index contributed by atoms with van der Waals surface area (Å²) in [6.45, 7) is 0. The van der Waals surface area contributed by atoms with Gasteiger partial charge in [0, 0.05) is 12.1 Å². The van der Waals surface area contributed by atoms with Gasteiger partial charge in [0.05, 0.1) is 5.92 Å². The molecule has 2 aliphatic carbocycles. The van der Waals surface area contributed by atoms with E-state index < -0.39 is 5.97 Å². The molecule has 1 N–H and O–H groups in total. The van der Waals surface area contributed by atoms with Crippen LogP contribution in [-0.4, -0.2) is 35.1 Å². The fourth-order valence-electron chi connectivity index (χ4n) is 2.64. The van der Waals surface area contributed by atoms with Gasteiger partial charge in [-0.3, -0.25) is 9.69 Å². The van der Waals surface area contributed by atoms with E-state index in [0.717, 1.165) is 19.3 Å². The average Bonchev–Trinajstić information content (AvgIpc) is 3.00. The van der Waals surface area contributed by atoms with Gasteiger partial charge in [-0.25, -0.2) is 0 Å². The molecule has 14 heavy (non-hydrogen) atoms. The third kappa shape index (κ3) is 1.92. The maximum atomic E-state index is 11.1. The quantitative estimate of drug-likeness (QED) is 0.749. The van der Waals surface area contributed by atoms with E-state index in [1.54, 1.807) is 0 Å². The van der Waals surface area contributed by atoms with Crippen LogP contribution in [0.2, 0.25) is 0 Å². The molecule has 0 radical (unpaired) electrons. The summed E-state index contributed by atoms with van der Waals surface area (Å²) in [5.41, 5.74) is 0. The number of nitrogens with zero attached hydrogens (tertiary/aromatic N) is 1. The monoisotopic (exact) mass is 197 g/mol. The molecular formula is C11H19NO2. The zero-order valence-electron chi connectivity index (χ0n) is 8.78. The van der Waals surface area contributed by atoms with Crippen molar-refractivity contribution >= 4 is 5.97 Å². The lowest BCUT2D eigenvalue weighted by molar-refractivity contribution is -0.145. The molecule has 0 aromatic carbocycles. The number of aliphatic carboxylic acids is 1. The summed E-state index contributed by atoms with van der Waals surface area (Å²) < 4.78 is 0. The van der Waals surface area contributed by atoms with Gasteiger partial charge in [-0.1, -0.05) is 12.8 Å². The predicted octanol–water partition coefficient (Wildman–Crippen LogP) is 1.72. The Labute approximate surface area is 85.1 Å². The maximum absolute atomic E-state index is 11.1. The van der Waals surface area contributed by atoms with Crippen molar-refractivity contribution in [2.45, 2.75) is 50.6 Å². The van der Waals surface area contributed by atoms with Crippen LogP contribution in [0.3, 0.4) is 0 Å². The van der Waals surface area contributed by atoms with E-state index in [4.69, 9.17) is 5.11 Å². The Morgan fingerprint density at radius 3 is 2.43 bits per heavy atom. The fourth-order valence-corrected chi connectivity index (χ4v) is 2.64.